The number of hydrogen-bond donors (Lipinski definition) is 1. The lowest BCUT2D eigenvalue weighted by Crippen LogP contribution is -2.29. The highest BCUT2D eigenvalue weighted by Gasteiger charge is 2.27. The summed E-state index contributed by atoms with van der Waals surface area (Å²) in [7, 11) is -3.55. The number of sulfonamides is 1. The summed E-state index contributed by atoms with van der Waals surface area (Å²) in [5.41, 5.74) is 0.725. The van der Waals surface area contributed by atoms with Gasteiger partial charge in [0.05, 0.1) is 10.9 Å². The number of nitrogens with one attached hydrogen (secondary N) is 1. The molecule has 0 spiro atoms. The van der Waals surface area contributed by atoms with Crippen molar-refractivity contribution in [3.05, 3.63) is 59.7 Å². The maximum atomic E-state index is 12.7. The fourth-order valence-electron chi connectivity index (χ4n) is 3.47. The maximum Gasteiger partial charge on any atom is 0.387 e. The van der Waals surface area contributed by atoms with Crippen LogP contribution in [0.4, 0.5) is 8.78 Å². The van der Waals surface area contributed by atoms with Crippen molar-refractivity contribution in [1.82, 2.24) is 9.62 Å². The molecule has 0 radical (unpaired) electrons. The molecule has 1 atom stereocenters. The van der Waals surface area contributed by atoms with Gasteiger partial charge in [-0.05, 0) is 49.6 Å². The Morgan fingerprint density at radius 3 is 2.33 bits per heavy atom. The van der Waals surface area contributed by atoms with Crippen LogP contribution in [-0.2, 0) is 10.0 Å². The Hall–Kier alpha value is -2.52. The Morgan fingerprint density at radius 2 is 1.73 bits per heavy atom. The number of amides is 1. The number of alkyl halides is 2. The van der Waals surface area contributed by atoms with Crippen LogP contribution >= 0.6 is 0 Å². The monoisotopic (exact) mass is 438 g/mol. The molecule has 1 amide bonds. The Bertz CT molecular complexity index is 975. The van der Waals surface area contributed by atoms with Crippen molar-refractivity contribution in [3.63, 3.8) is 0 Å². The average molecular weight is 438 g/mol. The van der Waals surface area contributed by atoms with Gasteiger partial charge in [0, 0.05) is 24.2 Å². The lowest BCUT2D eigenvalue weighted by Gasteiger charge is -2.21. The third kappa shape index (κ3) is 4.96. The highest BCUT2D eigenvalue weighted by molar-refractivity contribution is 7.89. The lowest BCUT2D eigenvalue weighted by molar-refractivity contribution is -0.0506. The molecule has 2 aromatic carbocycles. The maximum absolute atomic E-state index is 12.7. The molecule has 30 heavy (non-hydrogen) atoms. The molecule has 0 bridgehead atoms. The first-order valence-corrected chi connectivity index (χ1v) is 11.2. The molecule has 1 aliphatic heterocycles. The van der Waals surface area contributed by atoms with E-state index in [4.69, 9.17) is 0 Å². The first-order chi connectivity index (χ1) is 14.3. The Kier molecular flexibility index (Phi) is 7.04. The summed E-state index contributed by atoms with van der Waals surface area (Å²) in [6.07, 6.45) is 2.14. The predicted octanol–water partition coefficient (Wildman–Crippen LogP) is 3.95. The quantitative estimate of drug-likeness (QED) is 0.677. The molecule has 1 fully saturated rings. The van der Waals surface area contributed by atoms with Gasteiger partial charge in [-0.15, -0.1) is 0 Å². The molecule has 1 aliphatic rings. The molecule has 0 aliphatic carbocycles. The minimum Gasteiger partial charge on any atom is -0.434 e. The van der Waals surface area contributed by atoms with Gasteiger partial charge in [-0.3, -0.25) is 4.79 Å². The van der Waals surface area contributed by atoms with Crippen LogP contribution < -0.4 is 10.1 Å². The van der Waals surface area contributed by atoms with E-state index < -0.39 is 28.6 Å². The van der Waals surface area contributed by atoms with E-state index in [0.29, 0.717) is 25.1 Å². The van der Waals surface area contributed by atoms with Gasteiger partial charge in [-0.2, -0.15) is 13.1 Å². The van der Waals surface area contributed by atoms with E-state index >= 15 is 0 Å². The van der Waals surface area contributed by atoms with E-state index in [1.807, 2.05) is 6.92 Å². The van der Waals surface area contributed by atoms with Crippen LogP contribution in [0.5, 0.6) is 5.75 Å². The number of nitrogens with zero attached hydrogens (tertiary/aromatic N) is 1. The van der Waals surface area contributed by atoms with Crippen LogP contribution in [-0.4, -0.2) is 38.3 Å². The first kappa shape index (κ1) is 22.2. The summed E-state index contributed by atoms with van der Waals surface area (Å²) in [6.45, 7) is -0.147. The molecule has 3 rings (SSSR count). The summed E-state index contributed by atoms with van der Waals surface area (Å²) in [5, 5.41) is 2.80. The summed E-state index contributed by atoms with van der Waals surface area (Å²) in [4.78, 5) is 12.8. The molecule has 0 aromatic heterocycles. The van der Waals surface area contributed by atoms with Gasteiger partial charge in [0.2, 0.25) is 10.0 Å². The van der Waals surface area contributed by atoms with Crippen LogP contribution in [0.3, 0.4) is 0 Å². The van der Waals surface area contributed by atoms with Crippen LogP contribution in [0.2, 0.25) is 0 Å². The summed E-state index contributed by atoms with van der Waals surface area (Å²) in [6, 6.07) is 11.5. The molecular weight excluding hydrogens is 414 g/mol. The van der Waals surface area contributed by atoms with Gasteiger partial charge < -0.3 is 10.1 Å². The van der Waals surface area contributed by atoms with Crippen molar-refractivity contribution in [2.24, 2.45) is 0 Å². The zero-order valence-corrected chi connectivity index (χ0v) is 17.4. The normalized spacial score (nSPS) is 15.9. The molecular formula is C21H24F2N2O4S. The SMILES string of the molecule is CCC(NC(=O)c1ccc(S(=O)(=O)N2CCCC2)cc1)c1ccccc1OC(F)F. The molecule has 1 unspecified atom stereocenters. The molecule has 2 aromatic rings. The van der Waals surface area contributed by atoms with E-state index in [2.05, 4.69) is 10.1 Å². The van der Waals surface area contributed by atoms with Crippen LogP contribution in [0.1, 0.15) is 48.1 Å². The van der Waals surface area contributed by atoms with E-state index in [0.717, 1.165) is 12.8 Å². The second-order valence-electron chi connectivity index (χ2n) is 6.99. The number of benzene rings is 2. The zero-order valence-electron chi connectivity index (χ0n) is 16.6. The third-order valence-corrected chi connectivity index (χ3v) is 6.96. The second kappa shape index (κ2) is 9.53. The predicted molar refractivity (Wildman–Crippen MR) is 108 cm³/mol. The second-order valence-corrected chi connectivity index (χ2v) is 8.92. The smallest absolute Gasteiger partial charge is 0.387 e. The van der Waals surface area contributed by atoms with Gasteiger partial charge in [0.25, 0.3) is 5.91 Å². The number of para-hydroxylation sites is 1. The van der Waals surface area contributed by atoms with Crippen LogP contribution in [0, 0.1) is 0 Å². The van der Waals surface area contributed by atoms with Crippen molar-refractivity contribution in [2.75, 3.05) is 13.1 Å². The summed E-state index contributed by atoms with van der Waals surface area (Å²) in [5.74, 6) is -0.425. The van der Waals surface area contributed by atoms with Gasteiger partial charge in [0.15, 0.2) is 0 Å². The molecule has 162 valence electrons. The lowest BCUT2D eigenvalue weighted by atomic mass is 10.0. The summed E-state index contributed by atoms with van der Waals surface area (Å²) < 4.78 is 56.6. The Balaban J connectivity index is 1.75. The van der Waals surface area contributed by atoms with Gasteiger partial charge in [-0.25, -0.2) is 8.42 Å². The van der Waals surface area contributed by atoms with Crippen LogP contribution in [0.25, 0.3) is 0 Å². The highest BCUT2D eigenvalue weighted by Crippen LogP contribution is 2.29. The van der Waals surface area contributed by atoms with E-state index in [9.17, 15) is 22.0 Å². The van der Waals surface area contributed by atoms with Gasteiger partial charge in [0.1, 0.15) is 5.75 Å². The number of hydrogen-bond acceptors (Lipinski definition) is 4. The minimum atomic E-state index is -3.55. The molecule has 9 heteroatoms. The van der Waals surface area contributed by atoms with Crippen molar-refractivity contribution in [3.8, 4) is 5.75 Å². The van der Waals surface area contributed by atoms with Crippen molar-refractivity contribution in [2.45, 2.75) is 43.7 Å². The van der Waals surface area contributed by atoms with E-state index in [-0.39, 0.29) is 16.2 Å². The van der Waals surface area contributed by atoms with Gasteiger partial charge in [-0.1, -0.05) is 25.1 Å². The third-order valence-electron chi connectivity index (χ3n) is 5.04. The number of carbonyl (C=O) groups is 1. The minimum absolute atomic E-state index is 0.00621. The molecule has 1 saturated heterocycles. The molecule has 0 saturated carbocycles. The van der Waals surface area contributed by atoms with E-state index in [1.54, 1.807) is 18.2 Å². The topological polar surface area (TPSA) is 75.7 Å². The number of carbonyl (C=O) groups excluding carboxylic acids is 1. The highest BCUT2D eigenvalue weighted by atomic mass is 32.2. The largest absolute Gasteiger partial charge is 0.434 e. The van der Waals surface area contributed by atoms with Crippen molar-refractivity contribution >= 4 is 15.9 Å². The van der Waals surface area contributed by atoms with E-state index in [1.165, 1.54) is 34.6 Å². The fraction of sp³-hybridized carbons (Fsp3) is 0.381. The average Bonchev–Trinajstić information content (AvgIpc) is 3.28. The standard InChI is InChI=1S/C21H24F2N2O4S/c1-2-18(17-7-3-4-8-19(17)29-21(22)23)24-20(26)15-9-11-16(12-10-15)30(27,28)25-13-5-6-14-25/h3-4,7-12,18,21H,2,5-6,13-14H2,1H3,(H,24,26). The zero-order chi connectivity index (χ0) is 21.7. The number of rotatable bonds is 8. The molecule has 6 nitrogen and oxygen atoms in total. The summed E-state index contributed by atoms with van der Waals surface area (Å²) >= 11 is 0. The molecule has 1 N–H and O–H groups in total. The first-order valence-electron chi connectivity index (χ1n) is 9.77. The Labute approximate surface area is 174 Å². The van der Waals surface area contributed by atoms with Crippen LogP contribution in [0.15, 0.2) is 53.4 Å². The molecule has 1 heterocycles. The van der Waals surface area contributed by atoms with Crippen molar-refractivity contribution < 1.29 is 26.7 Å². The fourth-order valence-corrected chi connectivity index (χ4v) is 4.99. The Morgan fingerprint density at radius 1 is 1.10 bits per heavy atom. The van der Waals surface area contributed by atoms with Gasteiger partial charge >= 0.3 is 6.61 Å². The number of ether oxygens (including phenoxy) is 1. The van der Waals surface area contributed by atoms with Crippen molar-refractivity contribution in [1.29, 1.82) is 0 Å². The number of halogens is 2.